The Morgan fingerprint density at radius 2 is 2.04 bits per heavy atom. The Bertz CT molecular complexity index is 564. The van der Waals surface area contributed by atoms with Crippen LogP contribution in [-0.2, 0) is 11.2 Å². The number of benzene rings is 1. The maximum absolute atomic E-state index is 9.91. The fourth-order valence-electron chi connectivity index (χ4n) is 4.21. The summed E-state index contributed by atoms with van der Waals surface area (Å²) in [6.07, 6.45) is 11.4. The lowest BCUT2D eigenvalue weighted by molar-refractivity contribution is 0.115. The Balaban J connectivity index is 1.79. The van der Waals surface area contributed by atoms with Crippen LogP contribution in [0, 0.1) is 11.8 Å². The van der Waals surface area contributed by atoms with Crippen LogP contribution in [0.15, 0.2) is 24.3 Å². The van der Waals surface area contributed by atoms with E-state index in [1.807, 2.05) is 0 Å². The third-order valence-electron chi connectivity index (χ3n) is 5.39. The number of phenols is 2. The second-order valence-electron chi connectivity index (χ2n) is 7.00. The van der Waals surface area contributed by atoms with Crippen molar-refractivity contribution in [3.05, 3.63) is 35.4 Å². The first-order valence-electron chi connectivity index (χ1n) is 8.98. The van der Waals surface area contributed by atoms with Crippen molar-refractivity contribution in [2.24, 2.45) is 11.8 Å². The predicted molar refractivity (Wildman–Crippen MR) is 91.9 cm³/mol. The fraction of sp³-hybridized carbons (Fsp3) is 0.600. The van der Waals surface area contributed by atoms with Crippen LogP contribution in [0.1, 0.15) is 56.1 Å². The number of hydrogen-bond acceptors (Lipinski definition) is 3. The first-order valence-corrected chi connectivity index (χ1v) is 8.98. The van der Waals surface area contributed by atoms with Crippen molar-refractivity contribution in [2.45, 2.75) is 51.4 Å². The molecular formula is C20H28O3. The molecule has 0 saturated carbocycles. The van der Waals surface area contributed by atoms with Gasteiger partial charge in [0.15, 0.2) is 11.5 Å². The van der Waals surface area contributed by atoms with Gasteiger partial charge in [-0.1, -0.05) is 31.9 Å². The first kappa shape index (κ1) is 16.4. The molecule has 1 aliphatic heterocycles. The minimum Gasteiger partial charge on any atom is -0.504 e. The maximum Gasteiger partial charge on any atom is 0.157 e. The highest BCUT2D eigenvalue weighted by Gasteiger charge is 2.39. The summed E-state index contributed by atoms with van der Waals surface area (Å²) in [5.74, 6) is 1.48. The van der Waals surface area contributed by atoms with E-state index in [-0.39, 0.29) is 11.5 Å². The summed E-state index contributed by atoms with van der Waals surface area (Å²) in [6.45, 7) is 3.84. The molecule has 0 bridgehead atoms. The molecule has 0 spiro atoms. The molecule has 3 atom stereocenters. The van der Waals surface area contributed by atoms with Crippen molar-refractivity contribution in [3.63, 3.8) is 0 Å². The second kappa shape index (κ2) is 7.39. The number of hydrogen-bond donors (Lipinski definition) is 2. The highest BCUT2D eigenvalue weighted by atomic mass is 16.5. The Kier molecular flexibility index (Phi) is 5.27. The van der Waals surface area contributed by atoms with Gasteiger partial charge < -0.3 is 14.9 Å². The van der Waals surface area contributed by atoms with Gasteiger partial charge in [-0.2, -0.15) is 0 Å². The van der Waals surface area contributed by atoms with E-state index in [0.717, 1.165) is 32.5 Å². The molecule has 3 rings (SSSR count). The van der Waals surface area contributed by atoms with Crippen LogP contribution >= 0.6 is 0 Å². The molecule has 3 heteroatoms. The lowest BCUT2D eigenvalue weighted by Crippen LogP contribution is -2.18. The highest BCUT2D eigenvalue weighted by molar-refractivity contribution is 5.50. The lowest BCUT2D eigenvalue weighted by atomic mass is 9.78. The van der Waals surface area contributed by atoms with Gasteiger partial charge in [0.1, 0.15) is 0 Å². The number of fused-ring (bicyclic) bond motifs is 3. The van der Waals surface area contributed by atoms with E-state index in [0.29, 0.717) is 17.8 Å². The molecule has 1 aromatic carbocycles. The van der Waals surface area contributed by atoms with Gasteiger partial charge in [0, 0.05) is 6.61 Å². The molecule has 2 N–H and O–H groups in total. The molecule has 1 fully saturated rings. The Hall–Kier alpha value is -1.48. The lowest BCUT2D eigenvalue weighted by Gasteiger charge is -2.25. The molecule has 1 heterocycles. The van der Waals surface area contributed by atoms with Crippen LogP contribution in [0.4, 0.5) is 0 Å². The molecule has 3 nitrogen and oxygen atoms in total. The van der Waals surface area contributed by atoms with Crippen molar-refractivity contribution < 1.29 is 14.9 Å². The zero-order valence-corrected chi connectivity index (χ0v) is 14.0. The fourth-order valence-corrected chi connectivity index (χ4v) is 4.21. The van der Waals surface area contributed by atoms with E-state index in [2.05, 4.69) is 19.1 Å². The highest BCUT2D eigenvalue weighted by Crippen LogP contribution is 2.49. The number of phenolic OH excluding ortho intramolecular Hbond substituents is 2. The van der Waals surface area contributed by atoms with Gasteiger partial charge in [0.05, 0.1) is 6.61 Å². The van der Waals surface area contributed by atoms with Crippen molar-refractivity contribution in [1.82, 2.24) is 0 Å². The van der Waals surface area contributed by atoms with E-state index >= 15 is 0 Å². The summed E-state index contributed by atoms with van der Waals surface area (Å²) >= 11 is 0. The molecule has 2 unspecified atom stereocenters. The number of aromatic hydroxyl groups is 2. The quantitative estimate of drug-likeness (QED) is 0.477. The summed E-state index contributed by atoms with van der Waals surface area (Å²) in [4.78, 5) is 0. The topological polar surface area (TPSA) is 49.7 Å². The molecule has 23 heavy (non-hydrogen) atoms. The van der Waals surface area contributed by atoms with E-state index in [1.54, 1.807) is 12.1 Å². The van der Waals surface area contributed by atoms with Gasteiger partial charge in [-0.3, -0.25) is 0 Å². The van der Waals surface area contributed by atoms with E-state index in [4.69, 9.17) is 4.74 Å². The Morgan fingerprint density at radius 1 is 1.22 bits per heavy atom. The molecule has 1 aromatic rings. The normalized spacial score (nSPS) is 26.9. The van der Waals surface area contributed by atoms with Crippen LogP contribution in [0.5, 0.6) is 11.5 Å². The van der Waals surface area contributed by atoms with Gasteiger partial charge in [-0.25, -0.2) is 0 Å². The SMILES string of the molecule is CCCCC=CCC1CCOCC2Cc3cc(O)c(O)cc3[C@H]12. The minimum absolute atomic E-state index is 0.00265. The van der Waals surface area contributed by atoms with Gasteiger partial charge in [0.2, 0.25) is 0 Å². The van der Waals surface area contributed by atoms with Gasteiger partial charge in [-0.15, -0.1) is 0 Å². The second-order valence-corrected chi connectivity index (χ2v) is 7.00. The summed E-state index contributed by atoms with van der Waals surface area (Å²) < 4.78 is 5.83. The van der Waals surface area contributed by atoms with E-state index in [9.17, 15) is 10.2 Å². The van der Waals surface area contributed by atoms with Crippen molar-refractivity contribution >= 4 is 0 Å². The van der Waals surface area contributed by atoms with Gasteiger partial charge in [0.25, 0.3) is 0 Å². The summed E-state index contributed by atoms with van der Waals surface area (Å²) in [6, 6.07) is 3.53. The third kappa shape index (κ3) is 3.55. The zero-order valence-electron chi connectivity index (χ0n) is 14.0. The average molecular weight is 316 g/mol. The van der Waals surface area contributed by atoms with Gasteiger partial charge >= 0.3 is 0 Å². The molecular weight excluding hydrogens is 288 g/mol. The number of unbranched alkanes of at least 4 members (excludes halogenated alkanes) is 2. The molecule has 1 aliphatic carbocycles. The van der Waals surface area contributed by atoms with Gasteiger partial charge in [-0.05, 0) is 66.7 Å². The Labute approximate surface area is 139 Å². The third-order valence-corrected chi connectivity index (χ3v) is 5.39. The summed E-state index contributed by atoms with van der Waals surface area (Å²) in [5, 5.41) is 19.7. The summed E-state index contributed by atoms with van der Waals surface area (Å²) in [7, 11) is 0. The molecule has 1 saturated heterocycles. The first-order chi connectivity index (χ1) is 11.2. The molecule has 0 radical (unpaired) electrons. The predicted octanol–water partition coefficient (Wildman–Crippen LogP) is 4.53. The van der Waals surface area contributed by atoms with E-state index in [1.165, 1.54) is 30.4 Å². The zero-order chi connectivity index (χ0) is 16.2. The van der Waals surface area contributed by atoms with Crippen molar-refractivity contribution in [2.75, 3.05) is 13.2 Å². The molecule has 0 amide bonds. The molecule has 0 aromatic heterocycles. The van der Waals surface area contributed by atoms with E-state index < -0.39 is 0 Å². The maximum atomic E-state index is 9.91. The van der Waals surface area contributed by atoms with Crippen LogP contribution in [0.25, 0.3) is 0 Å². The Morgan fingerprint density at radius 3 is 2.87 bits per heavy atom. The molecule has 2 aliphatic rings. The minimum atomic E-state index is -0.00265. The largest absolute Gasteiger partial charge is 0.504 e. The number of ether oxygens (including phenoxy) is 1. The van der Waals surface area contributed by atoms with Crippen molar-refractivity contribution in [3.8, 4) is 11.5 Å². The molecule has 126 valence electrons. The van der Waals surface area contributed by atoms with Crippen LogP contribution < -0.4 is 0 Å². The van der Waals surface area contributed by atoms with Crippen LogP contribution in [-0.4, -0.2) is 23.4 Å². The van der Waals surface area contributed by atoms with Crippen LogP contribution in [0.2, 0.25) is 0 Å². The average Bonchev–Trinajstić information content (AvgIpc) is 2.74. The smallest absolute Gasteiger partial charge is 0.157 e. The van der Waals surface area contributed by atoms with Crippen LogP contribution in [0.3, 0.4) is 0 Å². The number of rotatable bonds is 5. The standard InChI is InChI=1S/C20H28O3/c1-2-3-4-5-6-7-14-8-9-23-13-16-10-15-11-18(21)19(22)12-17(15)20(14)16/h5-6,11-12,14,16,20-22H,2-4,7-10,13H2,1H3/t14?,16?,20-/m1/s1. The monoisotopic (exact) mass is 316 g/mol. The number of allylic oxidation sites excluding steroid dienone is 2. The summed E-state index contributed by atoms with van der Waals surface area (Å²) in [5.41, 5.74) is 2.41. The van der Waals surface area contributed by atoms with Crippen molar-refractivity contribution in [1.29, 1.82) is 0 Å².